The fourth-order valence-corrected chi connectivity index (χ4v) is 2.15. The lowest BCUT2D eigenvalue weighted by Gasteiger charge is -2.32. The molecule has 0 saturated carbocycles. The van der Waals surface area contributed by atoms with Gasteiger partial charge in [0, 0.05) is 26.7 Å². The molecule has 0 bridgehead atoms. The molecule has 0 spiro atoms. The highest BCUT2D eigenvalue weighted by Gasteiger charge is 2.18. The Kier molecular flexibility index (Phi) is 6.64. The van der Waals surface area contributed by atoms with Gasteiger partial charge in [-0.25, -0.2) is 0 Å². The first-order chi connectivity index (χ1) is 7.36. The standard InChI is InChI=1S/C12H24N2O/c1-3-7-14-8-4-5-12(11-14)10-13-6-9-15-2/h3,12-13H,1,4-11H2,2H3. The normalized spacial score (nSPS) is 22.9. The van der Waals surface area contributed by atoms with Crippen molar-refractivity contribution < 1.29 is 4.74 Å². The average Bonchev–Trinajstić information content (AvgIpc) is 2.26. The van der Waals surface area contributed by atoms with Crippen LogP contribution in [0.3, 0.4) is 0 Å². The van der Waals surface area contributed by atoms with E-state index in [1.165, 1.54) is 25.9 Å². The molecule has 0 radical (unpaired) electrons. The minimum absolute atomic E-state index is 0.801. The smallest absolute Gasteiger partial charge is 0.0587 e. The maximum atomic E-state index is 5.00. The molecule has 1 saturated heterocycles. The van der Waals surface area contributed by atoms with Crippen molar-refractivity contribution in [2.75, 3.05) is 46.4 Å². The molecule has 88 valence electrons. The van der Waals surface area contributed by atoms with Gasteiger partial charge < -0.3 is 10.1 Å². The summed E-state index contributed by atoms with van der Waals surface area (Å²) >= 11 is 0. The Labute approximate surface area is 93.5 Å². The Morgan fingerprint density at radius 3 is 3.20 bits per heavy atom. The van der Waals surface area contributed by atoms with Crippen LogP contribution in [0, 0.1) is 5.92 Å². The van der Waals surface area contributed by atoms with E-state index >= 15 is 0 Å². The molecule has 1 N–H and O–H groups in total. The van der Waals surface area contributed by atoms with Crippen LogP contribution in [0.25, 0.3) is 0 Å². The molecule has 1 aliphatic heterocycles. The second kappa shape index (κ2) is 7.85. The molecular formula is C12H24N2O. The third-order valence-corrected chi connectivity index (χ3v) is 2.91. The van der Waals surface area contributed by atoms with Gasteiger partial charge in [-0.15, -0.1) is 6.58 Å². The van der Waals surface area contributed by atoms with Crippen molar-refractivity contribution in [1.82, 2.24) is 10.2 Å². The summed E-state index contributed by atoms with van der Waals surface area (Å²) in [5, 5.41) is 3.44. The Balaban J connectivity index is 2.10. The predicted molar refractivity (Wildman–Crippen MR) is 64.1 cm³/mol. The second-order valence-corrected chi connectivity index (χ2v) is 4.25. The number of rotatable bonds is 7. The molecule has 1 fully saturated rings. The molecule has 0 aromatic heterocycles. The van der Waals surface area contributed by atoms with Crippen LogP contribution in [0.1, 0.15) is 12.8 Å². The zero-order chi connectivity index (χ0) is 10.9. The maximum Gasteiger partial charge on any atom is 0.0587 e. The van der Waals surface area contributed by atoms with Gasteiger partial charge in [0.1, 0.15) is 0 Å². The highest BCUT2D eigenvalue weighted by Crippen LogP contribution is 2.15. The van der Waals surface area contributed by atoms with Gasteiger partial charge in [0.15, 0.2) is 0 Å². The summed E-state index contributed by atoms with van der Waals surface area (Å²) < 4.78 is 5.00. The Morgan fingerprint density at radius 1 is 1.60 bits per heavy atom. The average molecular weight is 212 g/mol. The van der Waals surface area contributed by atoms with Crippen molar-refractivity contribution in [2.45, 2.75) is 12.8 Å². The molecule has 1 rings (SSSR count). The summed E-state index contributed by atoms with van der Waals surface area (Å²) in [6.45, 7) is 10.2. The van der Waals surface area contributed by atoms with Gasteiger partial charge in [0.25, 0.3) is 0 Å². The lowest BCUT2D eigenvalue weighted by Crippen LogP contribution is -2.40. The van der Waals surface area contributed by atoms with E-state index in [0.717, 1.165) is 32.2 Å². The minimum atomic E-state index is 0.801. The second-order valence-electron chi connectivity index (χ2n) is 4.25. The molecule has 3 nitrogen and oxygen atoms in total. The molecule has 0 aromatic carbocycles. The van der Waals surface area contributed by atoms with Crippen LogP contribution in [0.4, 0.5) is 0 Å². The molecule has 0 aromatic rings. The molecule has 1 atom stereocenters. The van der Waals surface area contributed by atoms with Gasteiger partial charge in [-0.3, -0.25) is 4.90 Å². The van der Waals surface area contributed by atoms with E-state index in [0.29, 0.717) is 0 Å². The van der Waals surface area contributed by atoms with E-state index in [-0.39, 0.29) is 0 Å². The van der Waals surface area contributed by atoms with Gasteiger partial charge in [-0.1, -0.05) is 6.08 Å². The van der Waals surface area contributed by atoms with Gasteiger partial charge in [0.2, 0.25) is 0 Å². The van der Waals surface area contributed by atoms with Gasteiger partial charge in [0.05, 0.1) is 6.61 Å². The van der Waals surface area contributed by atoms with Crippen molar-refractivity contribution in [3.8, 4) is 0 Å². The fraction of sp³-hybridized carbons (Fsp3) is 0.833. The lowest BCUT2D eigenvalue weighted by atomic mass is 9.98. The number of piperidine rings is 1. The predicted octanol–water partition coefficient (Wildman–Crippen LogP) is 1.12. The molecule has 0 amide bonds. The van der Waals surface area contributed by atoms with E-state index in [9.17, 15) is 0 Å². The first-order valence-corrected chi connectivity index (χ1v) is 5.89. The first kappa shape index (κ1) is 12.7. The quantitative estimate of drug-likeness (QED) is 0.505. The zero-order valence-corrected chi connectivity index (χ0v) is 9.87. The topological polar surface area (TPSA) is 24.5 Å². The summed E-state index contributed by atoms with van der Waals surface area (Å²) in [7, 11) is 1.74. The third-order valence-electron chi connectivity index (χ3n) is 2.91. The number of hydrogen-bond donors (Lipinski definition) is 1. The summed E-state index contributed by atoms with van der Waals surface area (Å²) in [5.74, 6) is 0.801. The summed E-state index contributed by atoms with van der Waals surface area (Å²) in [6.07, 6.45) is 4.68. The molecule has 3 heteroatoms. The van der Waals surface area contributed by atoms with E-state index in [1.54, 1.807) is 7.11 Å². The van der Waals surface area contributed by atoms with Crippen molar-refractivity contribution in [3.63, 3.8) is 0 Å². The van der Waals surface area contributed by atoms with E-state index in [1.807, 2.05) is 6.08 Å². The van der Waals surface area contributed by atoms with Crippen LogP contribution < -0.4 is 5.32 Å². The maximum absolute atomic E-state index is 5.00. The zero-order valence-electron chi connectivity index (χ0n) is 9.87. The molecular weight excluding hydrogens is 188 g/mol. The SMILES string of the molecule is C=CCN1CCCC(CNCCOC)C1. The number of methoxy groups -OCH3 is 1. The van der Waals surface area contributed by atoms with Crippen molar-refractivity contribution in [3.05, 3.63) is 12.7 Å². The lowest BCUT2D eigenvalue weighted by molar-refractivity contribution is 0.175. The highest BCUT2D eigenvalue weighted by molar-refractivity contribution is 4.80. The molecule has 1 heterocycles. The number of nitrogens with zero attached hydrogens (tertiary/aromatic N) is 1. The number of hydrogen-bond acceptors (Lipinski definition) is 3. The highest BCUT2D eigenvalue weighted by atomic mass is 16.5. The molecule has 0 aliphatic carbocycles. The van der Waals surface area contributed by atoms with Crippen molar-refractivity contribution >= 4 is 0 Å². The minimum Gasteiger partial charge on any atom is -0.383 e. The molecule has 1 unspecified atom stereocenters. The Bertz CT molecular complexity index is 173. The van der Waals surface area contributed by atoms with E-state index in [4.69, 9.17) is 4.74 Å². The van der Waals surface area contributed by atoms with Gasteiger partial charge in [-0.05, 0) is 31.8 Å². The van der Waals surface area contributed by atoms with Crippen LogP contribution in [0.2, 0.25) is 0 Å². The van der Waals surface area contributed by atoms with Crippen LogP contribution in [-0.4, -0.2) is 51.3 Å². The van der Waals surface area contributed by atoms with E-state index in [2.05, 4.69) is 16.8 Å². The number of likely N-dealkylation sites (tertiary alicyclic amines) is 1. The summed E-state index contributed by atoms with van der Waals surface area (Å²) in [6, 6.07) is 0. The van der Waals surface area contributed by atoms with Crippen molar-refractivity contribution in [2.24, 2.45) is 5.92 Å². The largest absolute Gasteiger partial charge is 0.383 e. The van der Waals surface area contributed by atoms with Crippen LogP contribution in [-0.2, 0) is 4.74 Å². The van der Waals surface area contributed by atoms with Crippen molar-refractivity contribution in [1.29, 1.82) is 0 Å². The van der Waals surface area contributed by atoms with Crippen LogP contribution >= 0.6 is 0 Å². The first-order valence-electron chi connectivity index (χ1n) is 5.89. The summed E-state index contributed by atoms with van der Waals surface area (Å²) in [4.78, 5) is 2.49. The van der Waals surface area contributed by atoms with Gasteiger partial charge in [-0.2, -0.15) is 0 Å². The third kappa shape index (κ3) is 5.30. The molecule has 1 aliphatic rings. The Hall–Kier alpha value is -0.380. The Morgan fingerprint density at radius 2 is 2.47 bits per heavy atom. The molecule has 15 heavy (non-hydrogen) atoms. The fourth-order valence-electron chi connectivity index (χ4n) is 2.15. The monoisotopic (exact) mass is 212 g/mol. The summed E-state index contributed by atoms with van der Waals surface area (Å²) in [5.41, 5.74) is 0. The number of ether oxygens (including phenoxy) is 1. The van der Waals surface area contributed by atoms with E-state index < -0.39 is 0 Å². The van der Waals surface area contributed by atoms with Gasteiger partial charge >= 0.3 is 0 Å². The number of nitrogens with one attached hydrogen (secondary N) is 1. The van der Waals surface area contributed by atoms with Crippen LogP contribution in [0.15, 0.2) is 12.7 Å². The van der Waals surface area contributed by atoms with Crippen LogP contribution in [0.5, 0.6) is 0 Å².